The van der Waals surface area contributed by atoms with Crippen molar-refractivity contribution in [1.29, 1.82) is 0 Å². The van der Waals surface area contributed by atoms with Crippen molar-refractivity contribution in [1.82, 2.24) is 10.2 Å². The molecule has 0 aliphatic rings. The molecule has 2 aromatic rings. The van der Waals surface area contributed by atoms with Crippen molar-refractivity contribution >= 4 is 34.1 Å². The van der Waals surface area contributed by atoms with Crippen LogP contribution in [0.15, 0.2) is 27.2 Å². The van der Waals surface area contributed by atoms with Gasteiger partial charge in [-0.1, -0.05) is 36.4 Å². The van der Waals surface area contributed by atoms with Gasteiger partial charge in [0.2, 0.25) is 5.13 Å². The van der Waals surface area contributed by atoms with Gasteiger partial charge >= 0.3 is 0 Å². The summed E-state index contributed by atoms with van der Waals surface area (Å²) in [6.07, 6.45) is 3.77. The molecule has 1 N–H and O–H groups in total. The van der Waals surface area contributed by atoms with Crippen LogP contribution < -0.4 is 5.32 Å². The van der Waals surface area contributed by atoms with E-state index in [1.54, 1.807) is 23.9 Å². The molecule has 7 heteroatoms. The van der Waals surface area contributed by atoms with Crippen molar-refractivity contribution in [2.75, 3.05) is 11.1 Å². The molecular weight excluding hydrogens is 270 g/mol. The molecule has 0 unspecified atom stereocenters. The first kappa shape index (κ1) is 13.1. The summed E-state index contributed by atoms with van der Waals surface area (Å²) in [6, 6.07) is 3.27. The molecule has 0 aliphatic heterocycles. The lowest BCUT2D eigenvalue weighted by atomic mass is 10.4. The smallest absolute Gasteiger partial charge is 0.293 e. The van der Waals surface area contributed by atoms with Crippen molar-refractivity contribution in [3.63, 3.8) is 0 Å². The Morgan fingerprint density at radius 2 is 2.44 bits per heavy atom. The van der Waals surface area contributed by atoms with Crippen molar-refractivity contribution in [3.05, 3.63) is 24.2 Å². The van der Waals surface area contributed by atoms with Crippen LogP contribution in [0.4, 0.5) is 5.13 Å². The topological polar surface area (TPSA) is 68.0 Å². The Morgan fingerprint density at radius 1 is 1.56 bits per heavy atom. The van der Waals surface area contributed by atoms with Gasteiger partial charge < -0.3 is 4.42 Å². The van der Waals surface area contributed by atoms with Gasteiger partial charge in [-0.15, -0.1) is 10.2 Å². The third kappa shape index (κ3) is 3.58. The van der Waals surface area contributed by atoms with Crippen LogP contribution in [0.25, 0.3) is 0 Å². The van der Waals surface area contributed by atoms with Gasteiger partial charge in [0.05, 0.1) is 6.26 Å². The molecule has 0 radical (unpaired) electrons. The van der Waals surface area contributed by atoms with E-state index >= 15 is 0 Å². The monoisotopic (exact) mass is 283 g/mol. The highest BCUT2D eigenvalue weighted by Crippen LogP contribution is 2.26. The lowest BCUT2D eigenvalue weighted by Crippen LogP contribution is -2.10. The Morgan fingerprint density at radius 3 is 3.17 bits per heavy atom. The first-order valence-corrected chi connectivity index (χ1v) is 7.41. The zero-order valence-electron chi connectivity index (χ0n) is 9.88. The molecular formula is C11H13N3O2S2. The average molecular weight is 283 g/mol. The number of rotatable bonds is 6. The number of nitrogens with one attached hydrogen (secondary N) is 1. The molecule has 18 heavy (non-hydrogen) atoms. The SMILES string of the molecule is CCCCSc1nnc(NC(=O)c2ccco2)s1. The van der Waals surface area contributed by atoms with E-state index in [2.05, 4.69) is 22.4 Å². The number of carbonyl (C=O) groups excluding carboxylic acids is 1. The Bertz CT molecular complexity index is 496. The molecule has 0 saturated carbocycles. The minimum Gasteiger partial charge on any atom is -0.459 e. The summed E-state index contributed by atoms with van der Waals surface area (Å²) in [5.74, 6) is 0.990. The standard InChI is InChI=1S/C11H13N3O2S2/c1-2-3-7-17-11-14-13-10(18-11)12-9(15)8-5-4-6-16-8/h4-6H,2-3,7H2,1H3,(H,12,13,15). The highest BCUT2D eigenvalue weighted by atomic mass is 32.2. The van der Waals surface area contributed by atoms with E-state index in [4.69, 9.17) is 4.42 Å². The second-order valence-electron chi connectivity index (χ2n) is 3.51. The van der Waals surface area contributed by atoms with E-state index in [-0.39, 0.29) is 11.7 Å². The minimum atomic E-state index is -0.304. The zero-order valence-corrected chi connectivity index (χ0v) is 11.5. The molecule has 2 aromatic heterocycles. The molecule has 96 valence electrons. The van der Waals surface area contributed by atoms with Crippen LogP contribution >= 0.6 is 23.1 Å². The summed E-state index contributed by atoms with van der Waals surface area (Å²) in [5, 5.41) is 11.1. The normalized spacial score (nSPS) is 10.5. The highest BCUT2D eigenvalue weighted by molar-refractivity contribution is 8.01. The van der Waals surface area contributed by atoms with Gasteiger partial charge in [0.1, 0.15) is 0 Å². The lowest BCUT2D eigenvalue weighted by Gasteiger charge is -1.95. The number of nitrogens with zero attached hydrogens (tertiary/aromatic N) is 2. The maximum atomic E-state index is 11.7. The number of anilines is 1. The van der Waals surface area contributed by atoms with Crippen molar-refractivity contribution in [2.45, 2.75) is 24.1 Å². The highest BCUT2D eigenvalue weighted by Gasteiger charge is 2.12. The van der Waals surface area contributed by atoms with Gasteiger partial charge in [0.25, 0.3) is 5.91 Å². The van der Waals surface area contributed by atoms with Gasteiger partial charge in [0, 0.05) is 5.75 Å². The number of furan rings is 1. The largest absolute Gasteiger partial charge is 0.459 e. The molecule has 2 rings (SSSR count). The van der Waals surface area contributed by atoms with Crippen LogP contribution in [-0.4, -0.2) is 21.9 Å². The Kier molecular flexibility index (Phi) is 4.77. The van der Waals surface area contributed by atoms with Crippen LogP contribution in [0.3, 0.4) is 0 Å². The second kappa shape index (κ2) is 6.55. The molecule has 1 amide bonds. The van der Waals surface area contributed by atoms with Crippen molar-refractivity contribution in [3.8, 4) is 0 Å². The summed E-state index contributed by atoms with van der Waals surface area (Å²) in [7, 11) is 0. The fraction of sp³-hybridized carbons (Fsp3) is 0.364. The Hall–Kier alpha value is -1.34. The van der Waals surface area contributed by atoms with Gasteiger partial charge in [-0.2, -0.15) is 0 Å². The number of thioether (sulfide) groups is 1. The quantitative estimate of drug-likeness (QED) is 0.500. The predicted octanol–water partition coefficient (Wildman–Crippen LogP) is 3.28. The molecule has 0 aromatic carbocycles. The molecule has 2 heterocycles. The third-order valence-electron chi connectivity index (χ3n) is 2.10. The molecule has 5 nitrogen and oxygen atoms in total. The number of hydrogen-bond acceptors (Lipinski definition) is 6. The molecule has 0 aliphatic carbocycles. The number of aromatic nitrogens is 2. The summed E-state index contributed by atoms with van der Waals surface area (Å²) < 4.78 is 5.87. The van der Waals surface area contributed by atoms with Crippen molar-refractivity contribution in [2.24, 2.45) is 0 Å². The first-order chi connectivity index (χ1) is 8.79. The van der Waals surface area contributed by atoms with Gasteiger partial charge in [0.15, 0.2) is 10.1 Å². The van der Waals surface area contributed by atoms with E-state index in [1.165, 1.54) is 17.6 Å². The summed E-state index contributed by atoms with van der Waals surface area (Å²) >= 11 is 3.04. The fourth-order valence-electron chi connectivity index (χ4n) is 1.19. The summed E-state index contributed by atoms with van der Waals surface area (Å²) in [5.41, 5.74) is 0. The Balaban J connectivity index is 1.88. The molecule has 0 fully saturated rings. The van der Waals surface area contributed by atoms with E-state index in [0.717, 1.165) is 22.9 Å². The minimum absolute atomic E-state index is 0.269. The molecule has 0 atom stereocenters. The summed E-state index contributed by atoms with van der Waals surface area (Å²) in [4.78, 5) is 11.7. The zero-order chi connectivity index (χ0) is 12.8. The van der Waals surface area contributed by atoms with Crippen LogP contribution in [0, 0.1) is 0 Å². The van der Waals surface area contributed by atoms with E-state index < -0.39 is 0 Å². The Labute approximate surface area is 113 Å². The van der Waals surface area contributed by atoms with E-state index in [9.17, 15) is 4.79 Å². The third-order valence-corrected chi connectivity index (χ3v) is 4.15. The van der Waals surface area contributed by atoms with Gasteiger partial charge in [-0.3, -0.25) is 10.1 Å². The number of hydrogen-bond donors (Lipinski definition) is 1. The maximum absolute atomic E-state index is 11.7. The van der Waals surface area contributed by atoms with Gasteiger partial charge in [-0.05, 0) is 18.6 Å². The van der Waals surface area contributed by atoms with Crippen LogP contribution in [-0.2, 0) is 0 Å². The average Bonchev–Trinajstić information content (AvgIpc) is 3.00. The lowest BCUT2D eigenvalue weighted by molar-refractivity contribution is 0.0996. The van der Waals surface area contributed by atoms with Crippen LogP contribution in [0.1, 0.15) is 30.3 Å². The maximum Gasteiger partial charge on any atom is 0.293 e. The number of unbranched alkanes of at least 4 members (excludes halogenated alkanes) is 1. The van der Waals surface area contributed by atoms with Gasteiger partial charge in [-0.25, -0.2) is 0 Å². The first-order valence-electron chi connectivity index (χ1n) is 5.60. The van der Waals surface area contributed by atoms with E-state index in [0.29, 0.717) is 5.13 Å². The molecule has 0 bridgehead atoms. The van der Waals surface area contributed by atoms with E-state index in [1.807, 2.05) is 0 Å². The second-order valence-corrected chi connectivity index (χ2v) is 5.83. The number of carbonyl (C=O) groups is 1. The molecule has 0 spiro atoms. The predicted molar refractivity (Wildman–Crippen MR) is 72.2 cm³/mol. The molecule has 0 saturated heterocycles. The van der Waals surface area contributed by atoms with Crippen LogP contribution in [0.5, 0.6) is 0 Å². The fourth-order valence-corrected chi connectivity index (χ4v) is 3.09. The summed E-state index contributed by atoms with van der Waals surface area (Å²) in [6.45, 7) is 2.15. The van der Waals surface area contributed by atoms with Crippen molar-refractivity contribution < 1.29 is 9.21 Å². The van der Waals surface area contributed by atoms with Crippen LogP contribution in [0.2, 0.25) is 0 Å². The number of amides is 1.